The maximum absolute atomic E-state index is 12.3. The number of benzene rings is 2. The number of H-pyrrole nitrogens is 1. The first kappa shape index (κ1) is 18.2. The molecule has 0 saturated heterocycles. The number of nitriles is 1. The van der Waals surface area contributed by atoms with E-state index in [0.29, 0.717) is 13.0 Å². The maximum atomic E-state index is 12.3. The summed E-state index contributed by atoms with van der Waals surface area (Å²) in [5, 5.41) is 13.3. The molecule has 0 spiro atoms. The summed E-state index contributed by atoms with van der Waals surface area (Å²) < 4.78 is 0. The predicted molar refractivity (Wildman–Crippen MR) is 109 cm³/mol. The van der Waals surface area contributed by atoms with Crippen LogP contribution in [0, 0.1) is 11.3 Å². The predicted octanol–water partition coefficient (Wildman–Crippen LogP) is 4.38. The number of hydrogen-bond acceptors (Lipinski definition) is 2. The third-order valence-electron chi connectivity index (χ3n) is 4.29. The highest BCUT2D eigenvalue weighted by Gasteiger charge is 2.09. The van der Waals surface area contributed by atoms with Gasteiger partial charge in [0.25, 0.3) is 5.91 Å². The summed E-state index contributed by atoms with van der Waals surface area (Å²) >= 11 is 0. The molecule has 1 heterocycles. The van der Waals surface area contributed by atoms with Gasteiger partial charge >= 0.3 is 0 Å². The number of carbonyl (C=O) groups is 1. The van der Waals surface area contributed by atoms with Crippen LogP contribution in [0.25, 0.3) is 17.0 Å². The number of nitrogens with one attached hydrogen (secondary N) is 2. The van der Waals surface area contributed by atoms with Gasteiger partial charge in [-0.05, 0) is 42.2 Å². The summed E-state index contributed by atoms with van der Waals surface area (Å²) in [6.45, 7) is 2.35. The summed E-state index contributed by atoms with van der Waals surface area (Å²) in [4.78, 5) is 15.5. The van der Waals surface area contributed by atoms with E-state index in [0.717, 1.165) is 27.6 Å². The molecular weight excluding hydrogens is 334 g/mol. The fourth-order valence-corrected chi connectivity index (χ4v) is 2.97. The van der Waals surface area contributed by atoms with Gasteiger partial charge in [0.1, 0.15) is 11.6 Å². The first-order valence-electron chi connectivity index (χ1n) is 8.85. The van der Waals surface area contributed by atoms with E-state index < -0.39 is 0 Å². The van der Waals surface area contributed by atoms with Gasteiger partial charge in [0, 0.05) is 23.6 Å². The third kappa shape index (κ3) is 4.74. The number of carbonyl (C=O) groups excluding carboxylic acids is 1. The van der Waals surface area contributed by atoms with Crippen LogP contribution >= 0.6 is 0 Å². The lowest BCUT2D eigenvalue weighted by atomic mass is 10.1. The number of hydrogen-bond donors (Lipinski definition) is 2. The standard InChI is InChI=1S/C23H21N3O/c1-17(13-18-7-3-2-4-8-18)14-20(15-24)23(27)25-12-11-19-16-26-22-10-6-5-9-21(19)22/h2-10,13-14,16,26H,11-12H2,1H3,(H,25,27)/b17-13+,20-14-. The van der Waals surface area contributed by atoms with Crippen LogP contribution in [0.2, 0.25) is 0 Å². The van der Waals surface area contributed by atoms with E-state index in [4.69, 9.17) is 0 Å². The van der Waals surface area contributed by atoms with Crippen molar-refractivity contribution in [3.8, 4) is 6.07 Å². The molecule has 4 heteroatoms. The monoisotopic (exact) mass is 355 g/mol. The van der Waals surface area contributed by atoms with Gasteiger partial charge in [0.15, 0.2) is 0 Å². The number of nitrogens with zero attached hydrogens (tertiary/aromatic N) is 1. The molecule has 0 aliphatic heterocycles. The minimum Gasteiger partial charge on any atom is -0.361 e. The summed E-state index contributed by atoms with van der Waals surface area (Å²) in [6, 6.07) is 19.9. The molecule has 0 fully saturated rings. The Morgan fingerprint density at radius 1 is 1.15 bits per heavy atom. The van der Waals surface area contributed by atoms with Crippen molar-refractivity contribution in [3.05, 3.63) is 89.1 Å². The zero-order chi connectivity index (χ0) is 19.1. The van der Waals surface area contributed by atoms with Crippen molar-refractivity contribution < 1.29 is 4.79 Å². The van der Waals surface area contributed by atoms with Crippen LogP contribution in [0.3, 0.4) is 0 Å². The molecule has 3 aromatic rings. The Morgan fingerprint density at radius 3 is 2.67 bits per heavy atom. The Bertz CT molecular complexity index is 1040. The molecule has 0 atom stereocenters. The summed E-state index contributed by atoms with van der Waals surface area (Å²) in [5.41, 5.74) is 4.22. The molecule has 27 heavy (non-hydrogen) atoms. The van der Waals surface area contributed by atoms with Crippen LogP contribution in [0.5, 0.6) is 0 Å². The van der Waals surface area contributed by atoms with E-state index in [2.05, 4.69) is 16.4 Å². The smallest absolute Gasteiger partial charge is 0.261 e. The molecule has 0 saturated carbocycles. The van der Waals surface area contributed by atoms with Gasteiger partial charge in [0.05, 0.1) is 0 Å². The van der Waals surface area contributed by atoms with Crippen LogP contribution in [-0.4, -0.2) is 17.4 Å². The minimum absolute atomic E-state index is 0.110. The highest BCUT2D eigenvalue weighted by atomic mass is 16.1. The third-order valence-corrected chi connectivity index (χ3v) is 4.29. The normalized spacial score (nSPS) is 12.0. The highest BCUT2D eigenvalue weighted by Crippen LogP contribution is 2.17. The van der Waals surface area contributed by atoms with E-state index in [9.17, 15) is 10.1 Å². The van der Waals surface area contributed by atoms with E-state index in [1.165, 1.54) is 0 Å². The molecule has 0 unspecified atom stereocenters. The second-order valence-corrected chi connectivity index (χ2v) is 6.33. The molecule has 0 bridgehead atoms. The molecular formula is C23H21N3O. The van der Waals surface area contributed by atoms with Crippen molar-refractivity contribution in [1.82, 2.24) is 10.3 Å². The molecule has 4 nitrogen and oxygen atoms in total. The topological polar surface area (TPSA) is 68.7 Å². The largest absolute Gasteiger partial charge is 0.361 e. The number of aromatic nitrogens is 1. The van der Waals surface area contributed by atoms with E-state index in [1.807, 2.05) is 73.8 Å². The highest BCUT2D eigenvalue weighted by molar-refractivity contribution is 5.98. The van der Waals surface area contributed by atoms with Crippen LogP contribution in [0.1, 0.15) is 18.1 Å². The van der Waals surface area contributed by atoms with Crippen molar-refractivity contribution in [2.45, 2.75) is 13.3 Å². The Hall–Kier alpha value is -3.58. The first-order chi connectivity index (χ1) is 13.2. The van der Waals surface area contributed by atoms with E-state index in [1.54, 1.807) is 6.08 Å². The first-order valence-corrected chi connectivity index (χ1v) is 8.85. The fraction of sp³-hybridized carbons (Fsp3) is 0.130. The molecule has 1 amide bonds. The van der Waals surface area contributed by atoms with Crippen LogP contribution in [-0.2, 0) is 11.2 Å². The molecule has 2 aromatic carbocycles. The second kappa shape index (κ2) is 8.68. The van der Waals surface area contributed by atoms with Gasteiger partial charge in [-0.25, -0.2) is 0 Å². The number of amides is 1. The van der Waals surface area contributed by atoms with Crippen LogP contribution < -0.4 is 5.32 Å². The number of rotatable bonds is 6. The lowest BCUT2D eigenvalue weighted by Gasteiger charge is -2.04. The Labute approximate surface area is 158 Å². The van der Waals surface area contributed by atoms with E-state index >= 15 is 0 Å². The molecule has 0 aliphatic carbocycles. The zero-order valence-electron chi connectivity index (χ0n) is 15.2. The molecule has 134 valence electrons. The second-order valence-electron chi connectivity index (χ2n) is 6.33. The average molecular weight is 355 g/mol. The molecule has 3 rings (SSSR count). The zero-order valence-corrected chi connectivity index (χ0v) is 15.2. The Morgan fingerprint density at radius 2 is 1.89 bits per heavy atom. The fourth-order valence-electron chi connectivity index (χ4n) is 2.97. The summed E-state index contributed by atoms with van der Waals surface area (Å²) in [5.74, 6) is -0.349. The lowest BCUT2D eigenvalue weighted by molar-refractivity contribution is -0.117. The molecule has 1 aromatic heterocycles. The van der Waals surface area contributed by atoms with Crippen LogP contribution in [0.15, 0.2) is 78.0 Å². The number of para-hydroxylation sites is 1. The number of allylic oxidation sites excluding steroid dienone is 2. The average Bonchev–Trinajstić information content (AvgIpc) is 3.10. The summed E-state index contributed by atoms with van der Waals surface area (Å²) in [7, 11) is 0. The van der Waals surface area contributed by atoms with Crippen LogP contribution in [0.4, 0.5) is 0 Å². The van der Waals surface area contributed by atoms with Gasteiger partial charge in [-0.15, -0.1) is 0 Å². The lowest BCUT2D eigenvalue weighted by Crippen LogP contribution is -2.26. The van der Waals surface area contributed by atoms with Crippen molar-refractivity contribution in [3.63, 3.8) is 0 Å². The van der Waals surface area contributed by atoms with Gasteiger partial charge in [-0.3, -0.25) is 4.79 Å². The maximum Gasteiger partial charge on any atom is 0.261 e. The van der Waals surface area contributed by atoms with Gasteiger partial charge in [-0.1, -0.05) is 54.6 Å². The number of aromatic amines is 1. The van der Waals surface area contributed by atoms with E-state index in [-0.39, 0.29) is 11.5 Å². The Kier molecular flexibility index (Phi) is 5.86. The quantitative estimate of drug-likeness (QED) is 0.391. The van der Waals surface area contributed by atoms with Crippen molar-refractivity contribution in [1.29, 1.82) is 5.26 Å². The van der Waals surface area contributed by atoms with Gasteiger partial charge < -0.3 is 10.3 Å². The minimum atomic E-state index is -0.349. The Balaban J connectivity index is 1.62. The van der Waals surface area contributed by atoms with Crippen molar-refractivity contribution in [2.24, 2.45) is 0 Å². The number of fused-ring (bicyclic) bond motifs is 1. The summed E-state index contributed by atoms with van der Waals surface area (Å²) in [6.07, 6.45) is 6.22. The molecule has 0 aliphatic rings. The van der Waals surface area contributed by atoms with Crippen molar-refractivity contribution in [2.75, 3.05) is 6.54 Å². The molecule has 2 N–H and O–H groups in total. The molecule has 0 radical (unpaired) electrons. The van der Waals surface area contributed by atoms with Gasteiger partial charge in [-0.2, -0.15) is 5.26 Å². The van der Waals surface area contributed by atoms with Gasteiger partial charge in [0.2, 0.25) is 0 Å². The van der Waals surface area contributed by atoms with Crippen molar-refractivity contribution >= 4 is 22.9 Å². The SMILES string of the molecule is CC(/C=C(/C#N)C(=O)NCCc1c[nH]c2ccccc12)=C\c1ccccc1.